The molecule has 0 saturated carbocycles. The first-order chi connectivity index (χ1) is 12.0. The van der Waals surface area contributed by atoms with Gasteiger partial charge in [0.25, 0.3) is 5.91 Å². The van der Waals surface area contributed by atoms with Crippen LogP contribution in [0.5, 0.6) is 5.75 Å². The number of allylic oxidation sites excluding steroid dienone is 1. The van der Waals surface area contributed by atoms with Crippen molar-refractivity contribution in [2.45, 2.75) is 45.1 Å². The highest BCUT2D eigenvalue weighted by atomic mass is 79.9. The standard InChI is InChI=1S/C19H24BrNO4/c1-13(18(22)21-11-10-14-6-4-3-5-7-14)25-19(23)15-8-9-17(24-2)16(20)12-15/h6,8-9,12-13H,3-5,7,10-11H2,1-2H3,(H,21,22)/t13-/m1/s1. The monoisotopic (exact) mass is 409 g/mol. The first-order valence-corrected chi connectivity index (χ1v) is 9.30. The fourth-order valence-corrected chi connectivity index (χ4v) is 3.24. The summed E-state index contributed by atoms with van der Waals surface area (Å²) in [5, 5.41) is 2.83. The van der Waals surface area contributed by atoms with Crippen molar-refractivity contribution in [2.75, 3.05) is 13.7 Å². The summed E-state index contributed by atoms with van der Waals surface area (Å²) in [6, 6.07) is 4.89. The van der Waals surface area contributed by atoms with E-state index in [1.807, 2.05) is 0 Å². The average Bonchev–Trinajstić information content (AvgIpc) is 2.62. The van der Waals surface area contributed by atoms with Gasteiger partial charge in [0.1, 0.15) is 5.75 Å². The number of hydrogen-bond donors (Lipinski definition) is 1. The third-order valence-corrected chi connectivity index (χ3v) is 4.79. The topological polar surface area (TPSA) is 64.6 Å². The largest absolute Gasteiger partial charge is 0.496 e. The molecule has 0 bridgehead atoms. The third-order valence-electron chi connectivity index (χ3n) is 4.17. The highest BCUT2D eigenvalue weighted by molar-refractivity contribution is 9.10. The summed E-state index contributed by atoms with van der Waals surface area (Å²) < 4.78 is 11.0. The summed E-state index contributed by atoms with van der Waals surface area (Å²) in [5.41, 5.74) is 1.76. The fourth-order valence-electron chi connectivity index (χ4n) is 2.70. The molecule has 6 heteroatoms. The van der Waals surface area contributed by atoms with Gasteiger partial charge >= 0.3 is 5.97 Å². The van der Waals surface area contributed by atoms with Crippen molar-refractivity contribution < 1.29 is 19.1 Å². The van der Waals surface area contributed by atoms with E-state index in [1.165, 1.54) is 18.4 Å². The molecular formula is C19H24BrNO4. The van der Waals surface area contributed by atoms with Gasteiger partial charge in [0.05, 0.1) is 17.1 Å². The Bertz CT molecular complexity index is 657. The molecule has 0 saturated heterocycles. The molecule has 0 aliphatic heterocycles. The molecule has 1 amide bonds. The zero-order chi connectivity index (χ0) is 18.2. The average molecular weight is 410 g/mol. The van der Waals surface area contributed by atoms with Gasteiger partial charge < -0.3 is 14.8 Å². The summed E-state index contributed by atoms with van der Waals surface area (Å²) >= 11 is 3.33. The Balaban J connectivity index is 1.80. The maximum atomic E-state index is 12.2. The van der Waals surface area contributed by atoms with Gasteiger partial charge in [-0.05, 0) is 73.2 Å². The smallest absolute Gasteiger partial charge is 0.338 e. The molecule has 0 unspecified atom stereocenters. The van der Waals surface area contributed by atoms with Crippen molar-refractivity contribution in [3.63, 3.8) is 0 Å². The van der Waals surface area contributed by atoms with Gasteiger partial charge in [-0.2, -0.15) is 0 Å². The Morgan fingerprint density at radius 2 is 2.12 bits per heavy atom. The summed E-state index contributed by atoms with van der Waals surface area (Å²) in [6.07, 6.45) is 7.02. The molecule has 1 N–H and O–H groups in total. The fraction of sp³-hybridized carbons (Fsp3) is 0.474. The molecule has 0 spiro atoms. The van der Waals surface area contributed by atoms with Crippen LogP contribution in [0.2, 0.25) is 0 Å². The third kappa shape index (κ3) is 5.88. The first kappa shape index (κ1) is 19.5. The Kier molecular flexibility index (Phi) is 7.50. The van der Waals surface area contributed by atoms with E-state index in [0.29, 0.717) is 22.3 Å². The predicted octanol–water partition coefficient (Wildman–Crippen LogP) is 4.01. The molecule has 25 heavy (non-hydrogen) atoms. The van der Waals surface area contributed by atoms with E-state index in [0.717, 1.165) is 19.3 Å². The van der Waals surface area contributed by atoms with Crippen LogP contribution in [-0.2, 0) is 9.53 Å². The molecule has 2 rings (SSSR count). The van der Waals surface area contributed by atoms with Crippen LogP contribution in [0.15, 0.2) is 34.3 Å². The van der Waals surface area contributed by atoms with Crippen LogP contribution in [0.25, 0.3) is 0 Å². The Morgan fingerprint density at radius 3 is 2.76 bits per heavy atom. The van der Waals surface area contributed by atoms with Crippen molar-refractivity contribution in [3.8, 4) is 5.75 Å². The van der Waals surface area contributed by atoms with Crippen molar-refractivity contribution in [1.82, 2.24) is 5.32 Å². The highest BCUT2D eigenvalue weighted by Gasteiger charge is 2.19. The number of methoxy groups -OCH3 is 1. The molecule has 0 radical (unpaired) electrons. The zero-order valence-electron chi connectivity index (χ0n) is 14.6. The zero-order valence-corrected chi connectivity index (χ0v) is 16.2. The van der Waals surface area contributed by atoms with Gasteiger partial charge in [0.15, 0.2) is 6.10 Å². The van der Waals surface area contributed by atoms with E-state index in [-0.39, 0.29) is 5.91 Å². The minimum atomic E-state index is -0.839. The summed E-state index contributed by atoms with van der Waals surface area (Å²) in [5.74, 6) is -0.197. The molecule has 0 heterocycles. The van der Waals surface area contributed by atoms with E-state index >= 15 is 0 Å². The number of ether oxygens (including phenoxy) is 2. The number of rotatable bonds is 7. The van der Waals surface area contributed by atoms with E-state index in [4.69, 9.17) is 9.47 Å². The van der Waals surface area contributed by atoms with Crippen LogP contribution >= 0.6 is 15.9 Å². The van der Waals surface area contributed by atoms with Crippen LogP contribution in [0, 0.1) is 0 Å². The van der Waals surface area contributed by atoms with Crippen molar-refractivity contribution in [1.29, 1.82) is 0 Å². The van der Waals surface area contributed by atoms with Gasteiger partial charge in [0, 0.05) is 6.54 Å². The molecule has 1 aromatic carbocycles. The Labute approximate surface area is 156 Å². The Morgan fingerprint density at radius 1 is 1.32 bits per heavy atom. The normalized spacial score (nSPS) is 15.1. The molecule has 1 aliphatic carbocycles. The molecule has 5 nitrogen and oxygen atoms in total. The summed E-state index contributed by atoms with van der Waals surface area (Å²) in [4.78, 5) is 24.2. The second kappa shape index (κ2) is 9.61. The number of nitrogens with one attached hydrogen (secondary N) is 1. The van der Waals surface area contributed by atoms with Gasteiger partial charge in [0.2, 0.25) is 0 Å². The number of halogens is 1. The number of hydrogen-bond acceptors (Lipinski definition) is 4. The molecule has 0 fully saturated rings. The van der Waals surface area contributed by atoms with E-state index in [9.17, 15) is 9.59 Å². The molecule has 136 valence electrons. The Hall–Kier alpha value is -1.82. The van der Waals surface area contributed by atoms with E-state index in [2.05, 4.69) is 27.3 Å². The summed E-state index contributed by atoms with van der Waals surface area (Å²) in [7, 11) is 1.55. The maximum absolute atomic E-state index is 12.2. The van der Waals surface area contributed by atoms with Crippen LogP contribution in [0.3, 0.4) is 0 Å². The number of benzene rings is 1. The predicted molar refractivity (Wildman–Crippen MR) is 99.7 cm³/mol. The summed E-state index contributed by atoms with van der Waals surface area (Å²) in [6.45, 7) is 2.15. The second-order valence-corrected chi connectivity index (χ2v) is 6.90. The number of carbonyl (C=O) groups excluding carboxylic acids is 2. The van der Waals surface area contributed by atoms with Crippen LogP contribution < -0.4 is 10.1 Å². The van der Waals surface area contributed by atoms with E-state index < -0.39 is 12.1 Å². The number of esters is 1. The first-order valence-electron chi connectivity index (χ1n) is 8.51. The minimum Gasteiger partial charge on any atom is -0.496 e. The number of amides is 1. The van der Waals surface area contributed by atoms with Crippen molar-refractivity contribution in [2.24, 2.45) is 0 Å². The molecule has 1 aromatic rings. The number of carbonyl (C=O) groups is 2. The van der Waals surface area contributed by atoms with Gasteiger partial charge in [-0.3, -0.25) is 4.79 Å². The molecular weight excluding hydrogens is 386 g/mol. The van der Waals surface area contributed by atoms with Gasteiger partial charge in [-0.1, -0.05) is 11.6 Å². The molecule has 1 atom stereocenters. The lowest BCUT2D eigenvalue weighted by atomic mass is 9.97. The van der Waals surface area contributed by atoms with E-state index in [1.54, 1.807) is 32.2 Å². The maximum Gasteiger partial charge on any atom is 0.338 e. The van der Waals surface area contributed by atoms with Gasteiger partial charge in [-0.25, -0.2) is 4.79 Å². The minimum absolute atomic E-state index is 0.280. The highest BCUT2D eigenvalue weighted by Crippen LogP contribution is 2.26. The van der Waals surface area contributed by atoms with Crippen LogP contribution in [0.4, 0.5) is 0 Å². The molecule has 0 aromatic heterocycles. The quantitative estimate of drug-likeness (QED) is 0.545. The van der Waals surface area contributed by atoms with Gasteiger partial charge in [-0.15, -0.1) is 0 Å². The van der Waals surface area contributed by atoms with Crippen LogP contribution in [0.1, 0.15) is 49.4 Å². The van der Waals surface area contributed by atoms with Crippen molar-refractivity contribution >= 4 is 27.8 Å². The lowest BCUT2D eigenvalue weighted by Gasteiger charge is -2.16. The second-order valence-electron chi connectivity index (χ2n) is 6.05. The molecule has 1 aliphatic rings. The lowest BCUT2D eigenvalue weighted by molar-refractivity contribution is -0.129. The SMILES string of the molecule is COc1ccc(C(=O)O[C@H](C)C(=O)NCCC2=CCCCC2)cc1Br. The lowest BCUT2D eigenvalue weighted by Crippen LogP contribution is -2.36. The van der Waals surface area contributed by atoms with Crippen LogP contribution in [-0.4, -0.2) is 31.6 Å². The van der Waals surface area contributed by atoms with Crippen molar-refractivity contribution in [3.05, 3.63) is 39.9 Å².